The maximum atomic E-state index is 12.9. The second-order valence-electron chi connectivity index (χ2n) is 11.4. The van der Waals surface area contributed by atoms with Crippen LogP contribution in [0.2, 0.25) is 5.02 Å². The van der Waals surface area contributed by atoms with Crippen LogP contribution >= 0.6 is 11.6 Å². The summed E-state index contributed by atoms with van der Waals surface area (Å²) >= 11 is 6.39. The number of tetrazole rings is 1. The van der Waals surface area contributed by atoms with E-state index in [1.54, 1.807) is 74.1 Å². The van der Waals surface area contributed by atoms with Gasteiger partial charge in [-0.1, -0.05) is 17.7 Å². The number of hydrogen-bond acceptors (Lipinski definition) is 11. The number of benzene rings is 2. The highest BCUT2D eigenvalue weighted by Crippen LogP contribution is 2.34. The van der Waals surface area contributed by atoms with Gasteiger partial charge in [0, 0.05) is 42.8 Å². The minimum absolute atomic E-state index is 0.0710. The van der Waals surface area contributed by atoms with Crippen LogP contribution in [0, 0.1) is 0 Å². The number of carbonyl (C=O) groups is 2. The molecule has 0 bridgehead atoms. The van der Waals surface area contributed by atoms with Crippen LogP contribution in [0.25, 0.3) is 11.1 Å². The Balaban J connectivity index is 1.23. The Hall–Kier alpha value is -4.98. The highest BCUT2D eigenvalue weighted by molar-refractivity contribution is 6.32. The molecular formula is C30H34ClN9O5. The lowest BCUT2D eigenvalue weighted by atomic mass is 10.1. The number of nitrogens with zero attached hydrogens (tertiary/aromatic N) is 8. The summed E-state index contributed by atoms with van der Waals surface area (Å²) in [6.07, 6.45) is 4.17. The molecule has 2 aromatic heterocycles. The van der Waals surface area contributed by atoms with Crippen molar-refractivity contribution in [2.75, 3.05) is 37.0 Å². The van der Waals surface area contributed by atoms with Crippen molar-refractivity contribution in [2.45, 2.75) is 45.9 Å². The van der Waals surface area contributed by atoms with Crippen molar-refractivity contribution in [1.29, 1.82) is 0 Å². The molecule has 1 aliphatic rings. The van der Waals surface area contributed by atoms with Gasteiger partial charge in [-0.3, -0.25) is 9.69 Å². The van der Waals surface area contributed by atoms with Crippen molar-refractivity contribution in [1.82, 2.24) is 35.1 Å². The zero-order valence-electron chi connectivity index (χ0n) is 25.6. The van der Waals surface area contributed by atoms with Gasteiger partial charge in [0.05, 0.1) is 24.4 Å². The maximum Gasteiger partial charge on any atom is 0.410 e. The molecule has 3 heterocycles. The molecule has 15 heteroatoms. The molecule has 0 radical (unpaired) electrons. The summed E-state index contributed by atoms with van der Waals surface area (Å²) < 4.78 is 18.6. The van der Waals surface area contributed by atoms with Crippen molar-refractivity contribution in [3.05, 3.63) is 60.1 Å². The number of nitrogens with one attached hydrogen (secondary N) is 1. The molecule has 2 aromatic carbocycles. The number of rotatable bonds is 9. The van der Waals surface area contributed by atoms with Crippen LogP contribution in [0.4, 0.5) is 22.1 Å². The van der Waals surface area contributed by atoms with Crippen LogP contribution in [0.15, 0.2) is 55.1 Å². The Morgan fingerprint density at radius 2 is 1.84 bits per heavy atom. The van der Waals surface area contributed by atoms with E-state index in [2.05, 4.69) is 30.8 Å². The first-order chi connectivity index (χ1) is 21.5. The Kier molecular flexibility index (Phi) is 9.32. The van der Waals surface area contributed by atoms with Gasteiger partial charge in [0.2, 0.25) is 11.9 Å². The molecule has 14 nitrogen and oxygen atoms in total. The number of piperazine rings is 1. The number of ether oxygens (including phenoxy) is 3. The second-order valence-corrected chi connectivity index (χ2v) is 11.8. The fraction of sp³-hybridized carbons (Fsp3) is 0.367. The SMILES string of the molecule is COc1cc(N2CCN(C(=O)OC(C)(C)C)CC2=O)ccc1Nc1ncc(-c2ccc(Cl)c(OC(C)Cn3cnnn3)c2)cn1. The van der Waals surface area contributed by atoms with E-state index in [1.807, 2.05) is 19.1 Å². The summed E-state index contributed by atoms with van der Waals surface area (Å²) in [6.45, 7) is 8.34. The number of carbonyl (C=O) groups excluding carboxylic acids is 2. The van der Waals surface area contributed by atoms with Gasteiger partial charge in [0.15, 0.2) is 0 Å². The van der Waals surface area contributed by atoms with Crippen molar-refractivity contribution in [2.24, 2.45) is 0 Å². The average Bonchev–Trinajstić information content (AvgIpc) is 3.51. The van der Waals surface area contributed by atoms with Gasteiger partial charge in [0.25, 0.3) is 0 Å². The molecule has 0 saturated carbocycles. The Labute approximate surface area is 265 Å². The molecule has 4 aromatic rings. The summed E-state index contributed by atoms with van der Waals surface area (Å²) in [7, 11) is 1.54. The topological polar surface area (TPSA) is 150 Å². The molecule has 5 rings (SSSR count). The Morgan fingerprint density at radius 1 is 1.07 bits per heavy atom. The monoisotopic (exact) mass is 635 g/mol. The number of hydrogen-bond donors (Lipinski definition) is 1. The van der Waals surface area contributed by atoms with E-state index in [9.17, 15) is 9.59 Å². The molecule has 1 atom stereocenters. The highest BCUT2D eigenvalue weighted by atomic mass is 35.5. The van der Waals surface area contributed by atoms with Gasteiger partial charge in [0.1, 0.15) is 36.1 Å². The Morgan fingerprint density at radius 3 is 2.51 bits per heavy atom. The maximum absolute atomic E-state index is 12.9. The number of methoxy groups -OCH3 is 1. The summed E-state index contributed by atoms with van der Waals surface area (Å²) in [5.41, 5.74) is 2.22. The third-order valence-electron chi connectivity index (χ3n) is 6.70. The number of aromatic nitrogens is 6. The molecule has 1 aliphatic heterocycles. The van der Waals surface area contributed by atoms with Crippen molar-refractivity contribution in [3.8, 4) is 22.6 Å². The predicted octanol–water partition coefficient (Wildman–Crippen LogP) is 4.59. The first-order valence-electron chi connectivity index (χ1n) is 14.2. The molecule has 1 unspecified atom stereocenters. The zero-order valence-corrected chi connectivity index (χ0v) is 26.4. The molecule has 236 valence electrons. The molecule has 1 fully saturated rings. The number of halogens is 1. The summed E-state index contributed by atoms with van der Waals surface area (Å²) in [4.78, 5) is 37.3. The molecule has 1 saturated heterocycles. The molecule has 45 heavy (non-hydrogen) atoms. The van der Waals surface area contributed by atoms with Gasteiger partial charge >= 0.3 is 6.09 Å². The number of amides is 2. The van der Waals surface area contributed by atoms with Crippen LogP contribution in [-0.2, 0) is 16.1 Å². The number of anilines is 3. The zero-order chi connectivity index (χ0) is 32.1. The van der Waals surface area contributed by atoms with Crippen LogP contribution < -0.4 is 19.7 Å². The lowest BCUT2D eigenvalue weighted by molar-refractivity contribution is -0.121. The van der Waals surface area contributed by atoms with Crippen molar-refractivity contribution in [3.63, 3.8) is 0 Å². The van der Waals surface area contributed by atoms with E-state index in [0.29, 0.717) is 53.5 Å². The standard InChI is InChI=1S/C30H34ClN9O5/c1-19(16-39-18-34-36-37-39)44-25-12-20(6-8-23(25)31)21-14-32-28(33-15-21)35-24-9-7-22(13-26(24)43-5)40-11-10-38(17-27(40)41)29(42)45-30(2,3)4/h6-9,12-15,18-19H,10-11,16-17H2,1-5H3,(H,32,33,35). The van der Waals surface area contributed by atoms with E-state index in [4.69, 9.17) is 25.8 Å². The van der Waals surface area contributed by atoms with Gasteiger partial charge < -0.3 is 24.4 Å². The third kappa shape index (κ3) is 7.95. The average molecular weight is 636 g/mol. The minimum atomic E-state index is -0.636. The quantitative estimate of drug-likeness (QED) is 0.275. The van der Waals surface area contributed by atoms with Gasteiger partial charge in [-0.2, -0.15) is 0 Å². The first-order valence-corrected chi connectivity index (χ1v) is 14.6. The first kappa shape index (κ1) is 31.4. The van der Waals surface area contributed by atoms with E-state index >= 15 is 0 Å². The van der Waals surface area contributed by atoms with Crippen LogP contribution in [0.3, 0.4) is 0 Å². The molecular weight excluding hydrogens is 602 g/mol. The van der Waals surface area contributed by atoms with E-state index in [-0.39, 0.29) is 18.6 Å². The van der Waals surface area contributed by atoms with Crippen LogP contribution in [0.5, 0.6) is 11.5 Å². The van der Waals surface area contributed by atoms with Crippen LogP contribution in [-0.4, -0.2) is 85.5 Å². The molecule has 1 N–H and O–H groups in total. The fourth-order valence-corrected chi connectivity index (χ4v) is 4.76. The summed E-state index contributed by atoms with van der Waals surface area (Å²) in [6, 6.07) is 10.8. The Bertz CT molecular complexity index is 1640. The molecule has 0 aliphatic carbocycles. The minimum Gasteiger partial charge on any atom is -0.494 e. The van der Waals surface area contributed by atoms with Crippen molar-refractivity contribution >= 4 is 40.9 Å². The molecule has 0 spiro atoms. The predicted molar refractivity (Wildman–Crippen MR) is 167 cm³/mol. The van der Waals surface area contributed by atoms with Gasteiger partial charge in [-0.25, -0.2) is 19.4 Å². The van der Waals surface area contributed by atoms with E-state index in [1.165, 1.54) is 11.2 Å². The van der Waals surface area contributed by atoms with E-state index in [0.717, 1.165) is 11.1 Å². The van der Waals surface area contributed by atoms with Crippen LogP contribution in [0.1, 0.15) is 27.7 Å². The van der Waals surface area contributed by atoms with Gasteiger partial charge in [-0.05, 0) is 68.0 Å². The van der Waals surface area contributed by atoms with Crippen molar-refractivity contribution < 1.29 is 23.8 Å². The molecule has 2 amide bonds. The fourth-order valence-electron chi connectivity index (χ4n) is 4.60. The van der Waals surface area contributed by atoms with Gasteiger partial charge in [-0.15, -0.1) is 5.10 Å². The largest absolute Gasteiger partial charge is 0.494 e. The summed E-state index contributed by atoms with van der Waals surface area (Å²) in [5, 5.41) is 14.8. The lowest BCUT2D eigenvalue weighted by Crippen LogP contribution is -2.53. The third-order valence-corrected chi connectivity index (χ3v) is 7.01. The smallest absolute Gasteiger partial charge is 0.410 e. The highest BCUT2D eigenvalue weighted by Gasteiger charge is 2.31. The summed E-state index contributed by atoms with van der Waals surface area (Å²) in [5.74, 6) is 1.16. The second kappa shape index (κ2) is 13.3. The normalized spacial score (nSPS) is 14.2. The lowest BCUT2D eigenvalue weighted by Gasteiger charge is -2.35. The van der Waals surface area contributed by atoms with E-state index < -0.39 is 11.7 Å².